The van der Waals surface area contributed by atoms with Gasteiger partial charge in [0.15, 0.2) is 0 Å². The number of aromatic nitrogens is 4. The predicted octanol–water partition coefficient (Wildman–Crippen LogP) is 1.10. The van der Waals surface area contributed by atoms with Crippen LogP contribution in [0.4, 0.5) is 15.8 Å². The molecule has 0 amide bonds. The third-order valence-electron chi connectivity index (χ3n) is 3.43. The van der Waals surface area contributed by atoms with Gasteiger partial charge >= 0.3 is 5.69 Å². The lowest BCUT2D eigenvalue weighted by Crippen LogP contribution is -2.23. The molecule has 136 valence electrons. The van der Waals surface area contributed by atoms with E-state index in [2.05, 4.69) is 38.3 Å². The number of sulfonamides is 1. The molecule has 0 aliphatic rings. The minimum Gasteiger partial charge on any atom is -0.354 e. The van der Waals surface area contributed by atoms with E-state index in [4.69, 9.17) is 5.14 Å². The molecule has 0 saturated carbocycles. The number of halogens is 2. The van der Waals surface area contributed by atoms with E-state index in [1.807, 2.05) is 12.1 Å². The fourth-order valence-electron chi connectivity index (χ4n) is 2.19. The molecule has 2 aromatic carbocycles. The molecule has 12 heteroatoms. The van der Waals surface area contributed by atoms with Gasteiger partial charge in [-0.3, -0.25) is 0 Å². The van der Waals surface area contributed by atoms with Gasteiger partial charge in [-0.05, 0) is 63.3 Å². The SMILES string of the molecule is Cn1nnn(-c2cc(F)c(S(N)(=O)=O)cc2Nc2ccc(I)cc2)c1=O. The number of nitrogens with one attached hydrogen (secondary N) is 1. The highest BCUT2D eigenvalue weighted by Crippen LogP contribution is 2.28. The van der Waals surface area contributed by atoms with Gasteiger partial charge < -0.3 is 5.32 Å². The van der Waals surface area contributed by atoms with Crippen molar-refractivity contribution in [2.24, 2.45) is 12.2 Å². The molecule has 3 aromatic rings. The summed E-state index contributed by atoms with van der Waals surface area (Å²) in [6.45, 7) is 0. The third-order valence-corrected chi connectivity index (χ3v) is 5.07. The van der Waals surface area contributed by atoms with Gasteiger partial charge in [0.25, 0.3) is 0 Å². The molecule has 0 aliphatic carbocycles. The molecule has 1 heterocycles. The summed E-state index contributed by atoms with van der Waals surface area (Å²) < 4.78 is 40.3. The summed E-state index contributed by atoms with van der Waals surface area (Å²) in [4.78, 5) is 11.4. The zero-order chi connectivity index (χ0) is 19.1. The highest BCUT2D eigenvalue weighted by molar-refractivity contribution is 14.1. The second-order valence-electron chi connectivity index (χ2n) is 5.27. The van der Waals surface area contributed by atoms with Gasteiger partial charge in [-0.15, -0.1) is 0 Å². The lowest BCUT2D eigenvalue weighted by molar-refractivity contribution is 0.567. The van der Waals surface area contributed by atoms with E-state index in [0.29, 0.717) is 5.69 Å². The molecule has 0 aliphatic heterocycles. The minimum absolute atomic E-state index is 0.00782. The Labute approximate surface area is 160 Å². The number of primary sulfonamides is 1. The van der Waals surface area contributed by atoms with Crippen LogP contribution in [0.3, 0.4) is 0 Å². The number of rotatable bonds is 4. The molecule has 0 bridgehead atoms. The fourth-order valence-corrected chi connectivity index (χ4v) is 3.16. The molecule has 26 heavy (non-hydrogen) atoms. The van der Waals surface area contributed by atoms with Crippen LogP contribution in [-0.2, 0) is 17.1 Å². The molecule has 0 fully saturated rings. The van der Waals surface area contributed by atoms with Crippen molar-refractivity contribution in [3.63, 3.8) is 0 Å². The Morgan fingerprint density at radius 1 is 1.19 bits per heavy atom. The molecular formula is C14H12FIN6O3S. The summed E-state index contributed by atoms with van der Waals surface area (Å²) in [7, 11) is -2.92. The largest absolute Gasteiger partial charge is 0.368 e. The average molecular weight is 490 g/mol. The quantitative estimate of drug-likeness (QED) is 0.528. The second-order valence-corrected chi connectivity index (χ2v) is 8.05. The van der Waals surface area contributed by atoms with Crippen molar-refractivity contribution in [1.82, 2.24) is 19.8 Å². The topological polar surface area (TPSA) is 125 Å². The molecule has 1 aromatic heterocycles. The van der Waals surface area contributed by atoms with Crippen molar-refractivity contribution >= 4 is 44.0 Å². The van der Waals surface area contributed by atoms with E-state index in [1.54, 1.807) is 12.1 Å². The van der Waals surface area contributed by atoms with Crippen LogP contribution in [0.15, 0.2) is 46.1 Å². The summed E-state index contributed by atoms with van der Waals surface area (Å²) in [6, 6.07) is 9.00. The van der Waals surface area contributed by atoms with Crippen LogP contribution in [0.2, 0.25) is 0 Å². The molecule has 3 N–H and O–H groups in total. The Balaban J connectivity index is 2.22. The number of nitrogens with two attached hydrogens (primary N) is 1. The van der Waals surface area contributed by atoms with Gasteiger partial charge in [-0.2, -0.15) is 9.36 Å². The maximum atomic E-state index is 14.3. The highest BCUT2D eigenvalue weighted by atomic mass is 127. The monoisotopic (exact) mass is 490 g/mol. The Bertz CT molecular complexity index is 1140. The molecule has 9 nitrogen and oxygen atoms in total. The van der Waals surface area contributed by atoms with E-state index in [9.17, 15) is 17.6 Å². The Morgan fingerprint density at radius 2 is 1.85 bits per heavy atom. The summed E-state index contributed by atoms with van der Waals surface area (Å²) in [5.41, 5.74) is 0.0831. The third kappa shape index (κ3) is 3.61. The maximum absolute atomic E-state index is 14.3. The van der Waals surface area contributed by atoms with Crippen molar-refractivity contribution in [2.45, 2.75) is 4.90 Å². The molecule has 3 rings (SSSR count). The highest BCUT2D eigenvalue weighted by Gasteiger charge is 2.21. The van der Waals surface area contributed by atoms with Crippen LogP contribution in [0.5, 0.6) is 0 Å². The first-order chi connectivity index (χ1) is 12.2. The van der Waals surface area contributed by atoms with Crippen LogP contribution in [0, 0.1) is 9.39 Å². The van der Waals surface area contributed by atoms with E-state index >= 15 is 0 Å². The Hall–Kier alpha value is -2.32. The van der Waals surface area contributed by atoms with Crippen molar-refractivity contribution in [1.29, 1.82) is 0 Å². The summed E-state index contributed by atoms with van der Waals surface area (Å²) in [5.74, 6) is -1.10. The predicted molar refractivity (Wildman–Crippen MR) is 100 cm³/mol. The van der Waals surface area contributed by atoms with Crippen LogP contribution in [0.25, 0.3) is 5.69 Å². The Kier molecular flexibility index (Phi) is 4.81. The minimum atomic E-state index is -4.30. The van der Waals surface area contributed by atoms with Crippen LogP contribution in [-0.4, -0.2) is 28.2 Å². The van der Waals surface area contributed by atoms with Crippen LogP contribution < -0.4 is 16.1 Å². The Morgan fingerprint density at radius 3 is 2.38 bits per heavy atom. The molecule has 0 saturated heterocycles. The number of hydrogen-bond acceptors (Lipinski definition) is 6. The standard InChI is InChI=1S/C14H12FIN6O3S/c1-21-14(23)22(20-19-21)12-6-10(15)13(26(17,24)25)7-11(12)18-9-4-2-8(16)3-5-9/h2-7,18H,1H3,(H2,17,24,25). The average Bonchev–Trinajstić information content (AvgIpc) is 2.89. The number of benzene rings is 2. The van der Waals surface area contributed by atoms with E-state index in [-0.39, 0.29) is 11.4 Å². The first-order valence-corrected chi connectivity index (χ1v) is 9.67. The number of nitrogens with zero attached hydrogens (tertiary/aromatic N) is 4. The number of tetrazole rings is 1. The zero-order valence-corrected chi connectivity index (χ0v) is 16.2. The van der Waals surface area contributed by atoms with Crippen molar-refractivity contribution in [2.75, 3.05) is 5.32 Å². The lowest BCUT2D eigenvalue weighted by Gasteiger charge is -2.13. The van der Waals surface area contributed by atoms with Crippen molar-refractivity contribution in [3.05, 3.63) is 56.3 Å². The van der Waals surface area contributed by atoms with Gasteiger partial charge in [-0.1, -0.05) is 0 Å². The van der Waals surface area contributed by atoms with Crippen molar-refractivity contribution < 1.29 is 12.8 Å². The second kappa shape index (κ2) is 6.77. The summed E-state index contributed by atoms with van der Waals surface area (Å²) >= 11 is 2.13. The summed E-state index contributed by atoms with van der Waals surface area (Å²) in [5, 5.41) is 15.3. The summed E-state index contributed by atoms with van der Waals surface area (Å²) in [6.07, 6.45) is 0. The normalized spacial score (nSPS) is 11.5. The van der Waals surface area contributed by atoms with Crippen LogP contribution >= 0.6 is 22.6 Å². The van der Waals surface area contributed by atoms with Gasteiger partial charge in [0.05, 0.1) is 11.4 Å². The number of aryl methyl sites for hydroxylation is 1. The number of hydrogen-bond donors (Lipinski definition) is 2. The first-order valence-electron chi connectivity index (χ1n) is 7.05. The zero-order valence-electron chi connectivity index (χ0n) is 13.2. The van der Waals surface area contributed by atoms with Gasteiger partial charge in [0, 0.05) is 22.4 Å². The molecule has 0 radical (unpaired) electrons. The smallest absolute Gasteiger partial charge is 0.354 e. The fraction of sp³-hybridized carbons (Fsp3) is 0.0714. The number of anilines is 2. The van der Waals surface area contributed by atoms with Crippen molar-refractivity contribution in [3.8, 4) is 5.69 Å². The first kappa shape index (κ1) is 18.5. The molecule has 0 unspecified atom stereocenters. The van der Waals surface area contributed by atoms with Crippen LogP contribution in [0.1, 0.15) is 0 Å². The maximum Gasteiger partial charge on any atom is 0.368 e. The molecular weight excluding hydrogens is 478 g/mol. The molecule has 0 atom stereocenters. The lowest BCUT2D eigenvalue weighted by atomic mass is 10.2. The van der Waals surface area contributed by atoms with E-state index in [1.165, 1.54) is 7.05 Å². The van der Waals surface area contributed by atoms with Gasteiger partial charge in [0.2, 0.25) is 10.0 Å². The van der Waals surface area contributed by atoms with E-state index < -0.39 is 26.4 Å². The van der Waals surface area contributed by atoms with Gasteiger partial charge in [-0.25, -0.2) is 22.7 Å². The van der Waals surface area contributed by atoms with Gasteiger partial charge in [0.1, 0.15) is 10.7 Å². The van der Waals surface area contributed by atoms with E-state index in [0.717, 1.165) is 25.1 Å². The molecule has 0 spiro atoms.